The van der Waals surface area contributed by atoms with Crippen molar-refractivity contribution in [2.24, 2.45) is 0 Å². The molecule has 0 aliphatic heterocycles. The number of benzene rings is 2. The zero-order chi connectivity index (χ0) is 19.0. The van der Waals surface area contributed by atoms with E-state index >= 15 is 0 Å². The highest BCUT2D eigenvalue weighted by Gasteiger charge is 2.30. The molecule has 2 aromatic carbocycles. The summed E-state index contributed by atoms with van der Waals surface area (Å²) in [5, 5.41) is 21.1. The molecule has 0 saturated heterocycles. The van der Waals surface area contributed by atoms with Gasteiger partial charge in [-0.05, 0) is 40.5 Å². The molecule has 0 atom stereocenters. The fourth-order valence-corrected chi connectivity index (χ4v) is 3.94. The molecular weight excluding hydrogens is 308 g/mol. The van der Waals surface area contributed by atoms with Crippen LogP contribution >= 0.6 is 0 Å². The molecule has 0 unspecified atom stereocenters. The van der Waals surface area contributed by atoms with E-state index in [9.17, 15) is 10.2 Å². The van der Waals surface area contributed by atoms with Crippen LogP contribution in [0.2, 0.25) is 0 Å². The van der Waals surface area contributed by atoms with Crippen LogP contribution in [0, 0.1) is 0 Å². The van der Waals surface area contributed by atoms with Gasteiger partial charge in [0.05, 0.1) is 0 Å². The van der Waals surface area contributed by atoms with Crippen molar-refractivity contribution in [2.75, 3.05) is 0 Å². The van der Waals surface area contributed by atoms with Gasteiger partial charge in [0.1, 0.15) is 11.5 Å². The Kier molecular flexibility index (Phi) is 5.22. The quantitative estimate of drug-likeness (QED) is 0.695. The predicted octanol–water partition coefficient (Wildman–Crippen LogP) is 6.23. The Hall–Kier alpha value is -1.96. The molecular formula is C23H32O2. The molecule has 2 aromatic rings. The van der Waals surface area contributed by atoms with Crippen molar-refractivity contribution in [1.29, 1.82) is 0 Å². The first-order valence-corrected chi connectivity index (χ1v) is 9.13. The number of aromatic hydroxyl groups is 2. The third-order valence-corrected chi connectivity index (χ3v) is 4.81. The van der Waals surface area contributed by atoms with E-state index in [1.165, 1.54) is 0 Å². The Balaban J connectivity index is 2.77. The van der Waals surface area contributed by atoms with Crippen molar-refractivity contribution in [3.05, 3.63) is 58.7 Å². The number of rotatable bonds is 3. The lowest BCUT2D eigenvalue weighted by atomic mass is 9.73. The summed E-state index contributed by atoms with van der Waals surface area (Å²) in [5.74, 6) is 0.824. The summed E-state index contributed by atoms with van der Waals surface area (Å²) in [5.41, 5.74) is 3.95. The van der Waals surface area contributed by atoms with E-state index in [4.69, 9.17) is 0 Å². The molecule has 25 heavy (non-hydrogen) atoms. The van der Waals surface area contributed by atoms with Crippen molar-refractivity contribution in [2.45, 2.75) is 71.6 Å². The maximum atomic E-state index is 10.6. The van der Waals surface area contributed by atoms with Gasteiger partial charge in [0.25, 0.3) is 0 Å². The molecule has 0 spiro atoms. The maximum Gasteiger partial charge on any atom is 0.119 e. The monoisotopic (exact) mass is 340 g/mol. The molecule has 2 nitrogen and oxygen atoms in total. The van der Waals surface area contributed by atoms with Crippen molar-refractivity contribution in [1.82, 2.24) is 0 Å². The van der Waals surface area contributed by atoms with Gasteiger partial charge in [-0.3, -0.25) is 0 Å². The number of phenols is 2. The molecule has 2 rings (SSSR count). The summed E-state index contributed by atoms with van der Waals surface area (Å²) in [6.07, 6.45) is 0.902. The van der Waals surface area contributed by atoms with E-state index in [2.05, 4.69) is 60.6 Å². The summed E-state index contributed by atoms with van der Waals surface area (Å²) in [7, 11) is 0. The van der Waals surface area contributed by atoms with Crippen LogP contribution in [-0.4, -0.2) is 10.2 Å². The van der Waals surface area contributed by atoms with Crippen LogP contribution in [0.5, 0.6) is 11.5 Å². The van der Waals surface area contributed by atoms with Gasteiger partial charge in [0, 0.05) is 17.0 Å². The lowest BCUT2D eigenvalue weighted by Crippen LogP contribution is -2.20. The Bertz CT molecular complexity index is 682. The van der Waals surface area contributed by atoms with Crippen LogP contribution < -0.4 is 0 Å². The second-order valence-corrected chi connectivity index (χ2v) is 8.94. The van der Waals surface area contributed by atoms with Crippen LogP contribution in [0.15, 0.2) is 36.4 Å². The van der Waals surface area contributed by atoms with Gasteiger partial charge in [-0.15, -0.1) is 0 Å². The average molecular weight is 341 g/mol. The SMILES string of the molecule is CCC(c1cccc(O)c1C(C)(C)C)c1cccc(O)c1C(C)(C)C. The van der Waals surface area contributed by atoms with Gasteiger partial charge in [-0.25, -0.2) is 0 Å². The minimum Gasteiger partial charge on any atom is -0.508 e. The summed E-state index contributed by atoms with van der Waals surface area (Å²) in [6.45, 7) is 14.9. The van der Waals surface area contributed by atoms with Gasteiger partial charge in [-0.2, -0.15) is 0 Å². The van der Waals surface area contributed by atoms with Gasteiger partial charge in [0.15, 0.2) is 0 Å². The van der Waals surface area contributed by atoms with E-state index in [1.54, 1.807) is 12.1 Å². The first kappa shape index (κ1) is 19.4. The minimum atomic E-state index is -0.160. The fraction of sp³-hybridized carbons (Fsp3) is 0.478. The van der Waals surface area contributed by atoms with Crippen LogP contribution in [0.4, 0.5) is 0 Å². The van der Waals surface area contributed by atoms with Crippen molar-refractivity contribution in [3.63, 3.8) is 0 Å². The van der Waals surface area contributed by atoms with Gasteiger partial charge < -0.3 is 10.2 Å². The van der Waals surface area contributed by atoms with Gasteiger partial charge in [0.2, 0.25) is 0 Å². The fourth-order valence-electron chi connectivity index (χ4n) is 3.94. The van der Waals surface area contributed by atoms with Crippen LogP contribution in [-0.2, 0) is 10.8 Å². The highest BCUT2D eigenvalue weighted by atomic mass is 16.3. The van der Waals surface area contributed by atoms with E-state index in [0.29, 0.717) is 11.5 Å². The minimum absolute atomic E-state index is 0.127. The Morgan fingerprint density at radius 3 is 1.36 bits per heavy atom. The molecule has 0 aromatic heterocycles. The third-order valence-electron chi connectivity index (χ3n) is 4.81. The normalized spacial score (nSPS) is 12.6. The standard InChI is InChI=1S/C23H32O2/c1-8-15(16-11-9-13-18(24)20(16)22(2,3)4)17-12-10-14-19(25)21(17)23(5,6)7/h9-15,24-25H,8H2,1-7H3. The largest absolute Gasteiger partial charge is 0.508 e. The highest BCUT2D eigenvalue weighted by Crippen LogP contribution is 2.44. The molecule has 2 N–H and O–H groups in total. The topological polar surface area (TPSA) is 40.5 Å². The maximum absolute atomic E-state index is 10.6. The number of hydrogen-bond donors (Lipinski definition) is 2. The second kappa shape index (κ2) is 6.74. The van der Waals surface area contributed by atoms with Crippen LogP contribution in [0.1, 0.15) is 83.1 Å². The molecule has 0 heterocycles. The van der Waals surface area contributed by atoms with Crippen LogP contribution in [0.3, 0.4) is 0 Å². The molecule has 0 amide bonds. The summed E-state index contributed by atoms with van der Waals surface area (Å²) in [6, 6.07) is 11.6. The first-order valence-electron chi connectivity index (χ1n) is 9.13. The molecule has 2 heteroatoms. The zero-order valence-corrected chi connectivity index (χ0v) is 16.6. The molecule has 136 valence electrons. The average Bonchev–Trinajstić information content (AvgIpc) is 2.45. The Labute approximate surface area is 152 Å². The van der Waals surface area contributed by atoms with E-state index in [-0.39, 0.29) is 16.7 Å². The lowest BCUT2D eigenvalue weighted by Gasteiger charge is -2.32. The molecule has 0 aliphatic carbocycles. The molecule has 0 saturated carbocycles. The van der Waals surface area contributed by atoms with E-state index in [0.717, 1.165) is 28.7 Å². The second-order valence-electron chi connectivity index (χ2n) is 8.94. The van der Waals surface area contributed by atoms with E-state index in [1.807, 2.05) is 12.1 Å². The molecule has 0 radical (unpaired) electrons. The van der Waals surface area contributed by atoms with Gasteiger partial charge in [-0.1, -0.05) is 72.7 Å². The number of phenolic OH excluding ortho intramolecular Hbond substituents is 2. The van der Waals surface area contributed by atoms with Crippen molar-refractivity contribution < 1.29 is 10.2 Å². The van der Waals surface area contributed by atoms with Gasteiger partial charge >= 0.3 is 0 Å². The Morgan fingerprint density at radius 2 is 1.08 bits per heavy atom. The summed E-state index contributed by atoms with van der Waals surface area (Å²) >= 11 is 0. The summed E-state index contributed by atoms with van der Waals surface area (Å²) < 4.78 is 0. The third kappa shape index (κ3) is 3.84. The van der Waals surface area contributed by atoms with Crippen LogP contribution in [0.25, 0.3) is 0 Å². The predicted molar refractivity (Wildman–Crippen MR) is 106 cm³/mol. The summed E-state index contributed by atoms with van der Waals surface area (Å²) in [4.78, 5) is 0. The molecule has 0 bridgehead atoms. The zero-order valence-electron chi connectivity index (χ0n) is 16.6. The van der Waals surface area contributed by atoms with E-state index < -0.39 is 0 Å². The smallest absolute Gasteiger partial charge is 0.119 e. The number of hydrogen-bond acceptors (Lipinski definition) is 2. The lowest BCUT2D eigenvalue weighted by molar-refractivity contribution is 0.438. The van der Waals surface area contributed by atoms with Crippen molar-refractivity contribution >= 4 is 0 Å². The molecule has 0 aliphatic rings. The highest BCUT2D eigenvalue weighted by molar-refractivity contribution is 5.53. The van der Waals surface area contributed by atoms with Crippen molar-refractivity contribution in [3.8, 4) is 11.5 Å². The Morgan fingerprint density at radius 1 is 0.720 bits per heavy atom. The first-order chi connectivity index (χ1) is 11.5. The molecule has 0 fully saturated rings.